The van der Waals surface area contributed by atoms with Gasteiger partial charge in [0.1, 0.15) is 0 Å². The van der Waals surface area contributed by atoms with Gasteiger partial charge >= 0.3 is 0 Å². The van der Waals surface area contributed by atoms with Crippen LogP contribution in [0, 0.1) is 0 Å². The second kappa shape index (κ2) is 7.80. The molecule has 2 rings (SSSR count). The molecule has 0 heterocycles. The molecule has 1 aromatic carbocycles. The van der Waals surface area contributed by atoms with Gasteiger partial charge in [0.05, 0.1) is 17.4 Å². The molecule has 19 heavy (non-hydrogen) atoms. The van der Waals surface area contributed by atoms with Crippen molar-refractivity contribution in [3.8, 4) is 0 Å². The van der Waals surface area contributed by atoms with Crippen molar-refractivity contribution < 1.29 is 4.79 Å². The molecule has 1 saturated carbocycles. The lowest BCUT2D eigenvalue weighted by atomic mass is 10.2. The Balaban J connectivity index is 0.00000162. The number of rotatable bonds is 4. The normalized spacial score (nSPS) is 14.7. The highest BCUT2D eigenvalue weighted by Gasteiger charge is 2.22. The van der Waals surface area contributed by atoms with E-state index < -0.39 is 6.04 Å². The van der Waals surface area contributed by atoms with Crippen molar-refractivity contribution in [1.29, 1.82) is 0 Å². The average molecular weight is 327 g/mol. The second-order valence-electron chi connectivity index (χ2n) is 4.39. The van der Waals surface area contributed by atoms with Crippen LogP contribution in [0.2, 0.25) is 5.02 Å². The van der Waals surface area contributed by atoms with E-state index in [9.17, 15) is 4.79 Å². The van der Waals surface area contributed by atoms with Gasteiger partial charge < -0.3 is 16.4 Å². The van der Waals surface area contributed by atoms with Gasteiger partial charge in [-0.1, -0.05) is 11.6 Å². The minimum absolute atomic E-state index is 0. The molecule has 1 atom stereocenters. The third-order valence-corrected chi connectivity index (χ3v) is 2.83. The van der Waals surface area contributed by atoms with Crippen LogP contribution < -0.4 is 16.4 Å². The lowest BCUT2D eigenvalue weighted by Gasteiger charge is -2.14. The standard InChI is InChI=1S/C12H16ClN3O.2ClH/c1-7(14)12(17)16-11-6-8(13)2-5-10(11)15-9-3-4-9;;/h2,5-7,9,15H,3-4,14H2,1H3,(H,16,17);2*1H. The maximum absolute atomic E-state index is 11.6. The molecule has 1 aromatic rings. The highest BCUT2D eigenvalue weighted by molar-refractivity contribution is 6.31. The minimum atomic E-state index is -0.539. The number of hydrogen-bond donors (Lipinski definition) is 3. The Labute approximate surface area is 130 Å². The number of halogens is 3. The molecule has 1 fully saturated rings. The Morgan fingerprint density at radius 1 is 1.37 bits per heavy atom. The number of hydrogen-bond acceptors (Lipinski definition) is 3. The third kappa shape index (κ3) is 5.45. The van der Waals surface area contributed by atoms with Crippen molar-refractivity contribution >= 4 is 53.7 Å². The van der Waals surface area contributed by atoms with Crippen LogP contribution >= 0.6 is 36.4 Å². The summed E-state index contributed by atoms with van der Waals surface area (Å²) in [6, 6.07) is 5.38. The van der Waals surface area contributed by atoms with Crippen molar-refractivity contribution in [2.24, 2.45) is 5.73 Å². The van der Waals surface area contributed by atoms with E-state index in [-0.39, 0.29) is 30.7 Å². The van der Waals surface area contributed by atoms with E-state index >= 15 is 0 Å². The molecule has 0 saturated heterocycles. The first kappa shape index (κ1) is 18.3. The Bertz CT molecular complexity index is 436. The molecular weight excluding hydrogens is 309 g/mol. The van der Waals surface area contributed by atoms with Crippen LogP contribution in [0.3, 0.4) is 0 Å². The van der Waals surface area contributed by atoms with Crippen LogP contribution in [-0.2, 0) is 4.79 Å². The molecule has 0 spiro atoms. The molecule has 1 amide bonds. The molecule has 0 aliphatic heterocycles. The topological polar surface area (TPSA) is 67.2 Å². The summed E-state index contributed by atoms with van der Waals surface area (Å²) >= 11 is 5.92. The van der Waals surface area contributed by atoms with Gasteiger partial charge in [0.15, 0.2) is 0 Å². The minimum Gasteiger partial charge on any atom is -0.381 e. The lowest BCUT2D eigenvalue weighted by molar-refractivity contribution is -0.117. The van der Waals surface area contributed by atoms with E-state index in [1.165, 1.54) is 12.8 Å². The molecule has 1 unspecified atom stereocenters. The number of anilines is 2. The van der Waals surface area contributed by atoms with Gasteiger partial charge in [0, 0.05) is 11.1 Å². The zero-order valence-corrected chi connectivity index (χ0v) is 12.9. The number of benzene rings is 1. The first-order valence-electron chi connectivity index (χ1n) is 5.69. The van der Waals surface area contributed by atoms with Crippen LogP contribution in [0.5, 0.6) is 0 Å². The summed E-state index contributed by atoms with van der Waals surface area (Å²) in [7, 11) is 0. The van der Waals surface area contributed by atoms with Crippen molar-refractivity contribution in [2.75, 3.05) is 10.6 Å². The molecule has 1 aliphatic carbocycles. The maximum Gasteiger partial charge on any atom is 0.241 e. The fourth-order valence-corrected chi connectivity index (χ4v) is 1.61. The van der Waals surface area contributed by atoms with Crippen molar-refractivity contribution in [3.63, 3.8) is 0 Å². The SMILES string of the molecule is CC(N)C(=O)Nc1cc(Cl)ccc1NC1CC1.Cl.Cl. The van der Waals surface area contributed by atoms with Crippen LogP contribution in [0.4, 0.5) is 11.4 Å². The summed E-state index contributed by atoms with van der Waals surface area (Å²) in [5.74, 6) is -0.217. The summed E-state index contributed by atoms with van der Waals surface area (Å²) in [5.41, 5.74) is 7.10. The maximum atomic E-state index is 11.6. The highest BCUT2D eigenvalue weighted by atomic mass is 35.5. The molecule has 4 nitrogen and oxygen atoms in total. The van der Waals surface area contributed by atoms with E-state index in [0.29, 0.717) is 16.8 Å². The van der Waals surface area contributed by atoms with Crippen LogP contribution in [0.1, 0.15) is 19.8 Å². The Kier molecular flexibility index (Phi) is 7.52. The van der Waals surface area contributed by atoms with Gasteiger partial charge in [-0.2, -0.15) is 0 Å². The van der Waals surface area contributed by atoms with Crippen LogP contribution in [-0.4, -0.2) is 18.0 Å². The molecule has 1 aliphatic rings. The molecule has 0 bridgehead atoms. The number of nitrogens with one attached hydrogen (secondary N) is 2. The quantitative estimate of drug-likeness (QED) is 0.796. The molecule has 7 heteroatoms. The summed E-state index contributed by atoms with van der Waals surface area (Å²) in [6.07, 6.45) is 2.34. The van der Waals surface area contributed by atoms with E-state index in [1.807, 2.05) is 6.07 Å². The monoisotopic (exact) mass is 325 g/mol. The van der Waals surface area contributed by atoms with E-state index in [4.69, 9.17) is 17.3 Å². The number of amides is 1. The van der Waals surface area contributed by atoms with E-state index in [1.54, 1.807) is 19.1 Å². The zero-order chi connectivity index (χ0) is 12.4. The summed E-state index contributed by atoms with van der Waals surface area (Å²) in [4.78, 5) is 11.6. The van der Waals surface area contributed by atoms with Gasteiger partial charge in [-0.15, -0.1) is 24.8 Å². The van der Waals surface area contributed by atoms with Gasteiger partial charge in [-0.3, -0.25) is 4.79 Å². The smallest absolute Gasteiger partial charge is 0.241 e. The summed E-state index contributed by atoms with van der Waals surface area (Å²) in [5, 5.41) is 6.70. The lowest BCUT2D eigenvalue weighted by Crippen LogP contribution is -2.32. The molecule has 108 valence electrons. The predicted molar refractivity (Wildman–Crippen MR) is 84.9 cm³/mol. The molecular formula is C12H18Cl3N3O. The van der Waals surface area contributed by atoms with Crippen LogP contribution in [0.25, 0.3) is 0 Å². The fraction of sp³-hybridized carbons (Fsp3) is 0.417. The summed E-state index contributed by atoms with van der Waals surface area (Å²) < 4.78 is 0. The Morgan fingerprint density at radius 3 is 2.53 bits per heavy atom. The average Bonchev–Trinajstić information content (AvgIpc) is 3.05. The van der Waals surface area contributed by atoms with Gasteiger partial charge in [-0.05, 0) is 38.0 Å². The van der Waals surface area contributed by atoms with Crippen molar-refractivity contribution in [3.05, 3.63) is 23.2 Å². The van der Waals surface area contributed by atoms with Gasteiger partial charge in [0.25, 0.3) is 0 Å². The molecule has 4 N–H and O–H groups in total. The van der Waals surface area contributed by atoms with Crippen molar-refractivity contribution in [2.45, 2.75) is 31.8 Å². The number of nitrogens with two attached hydrogens (primary N) is 1. The van der Waals surface area contributed by atoms with E-state index in [0.717, 1.165) is 5.69 Å². The van der Waals surface area contributed by atoms with E-state index in [2.05, 4.69) is 10.6 Å². The van der Waals surface area contributed by atoms with Crippen LogP contribution in [0.15, 0.2) is 18.2 Å². The highest BCUT2D eigenvalue weighted by Crippen LogP contribution is 2.31. The van der Waals surface area contributed by atoms with Gasteiger partial charge in [0.2, 0.25) is 5.91 Å². The molecule has 0 radical (unpaired) electrons. The first-order chi connectivity index (χ1) is 8.06. The predicted octanol–water partition coefficient (Wildman–Crippen LogP) is 3.04. The Hall–Kier alpha value is -0.680. The first-order valence-corrected chi connectivity index (χ1v) is 6.06. The largest absolute Gasteiger partial charge is 0.381 e. The van der Waals surface area contributed by atoms with Crippen molar-refractivity contribution in [1.82, 2.24) is 0 Å². The second-order valence-corrected chi connectivity index (χ2v) is 4.82. The number of carbonyl (C=O) groups is 1. The Morgan fingerprint density at radius 2 is 2.00 bits per heavy atom. The van der Waals surface area contributed by atoms with Gasteiger partial charge in [-0.25, -0.2) is 0 Å². The molecule has 0 aromatic heterocycles. The zero-order valence-electron chi connectivity index (χ0n) is 10.5. The third-order valence-electron chi connectivity index (χ3n) is 2.59. The fourth-order valence-electron chi connectivity index (χ4n) is 1.44. The summed E-state index contributed by atoms with van der Waals surface area (Å²) in [6.45, 7) is 1.65. The number of carbonyl (C=O) groups excluding carboxylic acids is 1.